The fraction of sp³-hybridized carbons (Fsp3) is 0.111. The second kappa shape index (κ2) is 7.63. The lowest BCUT2D eigenvalue weighted by atomic mass is 10.2. The number of hydrogen-bond acceptors (Lipinski definition) is 5. The predicted molar refractivity (Wildman–Crippen MR) is 97.9 cm³/mol. The van der Waals surface area contributed by atoms with Gasteiger partial charge in [0.05, 0.1) is 12.0 Å². The molecule has 0 aromatic heterocycles. The van der Waals surface area contributed by atoms with Crippen LogP contribution in [0.25, 0.3) is 6.08 Å². The largest absolute Gasteiger partial charge is 0.493 e. The van der Waals surface area contributed by atoms with Crippen LogP contribution in [0, 0.1) is 0 Å². The second-order valence-electron chi connectivity index (χ2n) is 5.14. The number of carbonyl (C=O) groups excluding carboxylic acids is 2. The molecular weight excluding hydrogens is 362 g/mol. The van der Waals surface area contributed by atoms with Crippen LogP contribution < -0.4 is 14.8 Å². The summed E-state index contributed by atoms with van der Waals surface area (Å²) in [6.45, 7) is 0.309. The molecule has 1 saturated heterocycles. The van der Waals surface area contributed by atoms with Crippen molar-refractivity contribution in [3.05, 3.63) is 63.5 Å². The van der Waals surface area contributed by atoms with Gasteiger partial charge in [-0.15, -0.1) is 0 Å². The average Bonchev–Trinajstić information content (AvgIpc) is 2.92. The molecule has 7 heteroatoms. The van der Waals surface area contributed by atoms with Crippen molar-refractivity contribution in [1.29, 1.82) is 0 Å². The highest BCUT2D eigenvalue weighted by Crippen LogP contribution is 2.32. The van der Waals surface area contributed by atoms with Crippen molar-refractivity contribution in [3.63, 3.8) is 0 Å². The lowest BCUT2D eigenvalue weighted by Gasteiger charge is -2.12. The van der Waals surface area contributed by atoms with Crippen LogP contribution in [0.3, 0.4) is 0 Å². The van der Waals surface area contributed by atoms with Crippen LogP contribution in [0.1, 0.15) is 11.1 Å². The fourth-order valence-electron chi connectivity index (χ4n) is 2.24. The Morgan fingerprint density at radius 3 is 2.64 bits per heavy atom. The van der Waals surface area contributed by atoms with Gasteiger partial charge in [-0.25, -0.2) is 0 Å². The first-order chi connectivity index (χ1) is 12.1. The molecule has 0 unspecified atom stereocenters. The number of amides is 2. The highest BCUT2D eigenvalue weighted by molar-refractivity contribution is 8.18. The zero-order chi connectivity index (χ0) is 17.8. The molecule has 1 N–H and O–H groups in total. The van der Waals surface area contributed by atoms with Crippen molar-refractivity contribution in [2.24, 2.45) is 0 Å². The van der Waals surface area contributed by atoms with E-state index in [-0.39, 0.29) is 5.24 Å². The quantitative estimate of drug-likeness (QED) is 0.791. The summed E-state index contributed by atoms with van der Waals surface area (Å²) in [6, 6.07) is 12.7. The molecule has 0 saturated carbocycles. The number of methoxy groups -OCH3 is 1. The van der Waals surface area contributed by atoms with Gasteiger partial charge < -0.3 is 9.47 Å². The number of nitrogens with one attached hydrogen (secondary N) is 1. The second-order valence-corrected chi connectivity index (χ2v) is 6.56. The molecule has 2 amide bonds. The van der Waals surface area contributed by atoms with Crippen LogP contribution in [0.15, 0.2) is 47.4 Å². The Balaban J connectivity index is 1.78. The summed E-state index contributed by atoms with van der Waals surface area (Å²) in [5.74, 6) is 0.688. The lowest BCUT2D eigenvalue weighted by molar-refractivity contribution is -0.115. The van der Waals surface area contributed by atoms with Crippen molar-refractivity contribution in [1.82, 2.24) is 5.32 Å². The van der Waals surface area contributed by atoms with Gasteiger partial charge in [-0.1, -0.05) is 35.9 Å². The normalized spacial score (nSPS) is 15.4. The molecule has 25 heavy (non-hydrogen) atoms. The lowest BCUT2D eigenvalue weighted by Crippen LogP contribution is -2.17. The van der Waals surface area contributed by atoms with E-state index in [1.54, 1.807) is 30.3 Å². The third-order valence-electron chi connectivity index (χ3n) is 3.47. The number of benzene rings is 2. The van der Waals surface area contributed by atoms with Gasteiger partial charge in [0.25, 0.3) is 11.1 Å². The van der Waals surface area contributed by atoms with Crippen LogP contribution in [0.5, 0.6) is 11.5 Å². The van der Waals surface area contributed by atoms with E-state index in [9.17, 15) is 9.59 Å². The van der Waals surface area contributed by atoms with Crippen molar-refractivity contribution < 1.29 is 19.1 Å². The van der Waals surface area contributed by atoms with Gasteiger partial charge in [0.2, 0.25) is 0 Å². The van der Waals surface area contributed by atoms with E-state index in [0.29, 0.717) is 28.0 Å². The summed E-state index contributed by atoms with van der Waals surface area (Å²) in [7, 11) is 1.54. The minimum atomic E-state index is -0.395. The number of hydrogen-bond donors (Lipinski definition) is 1. The first-order valence-electron chi connectivity index (χ1n) is 7.36. The maximum Gasteiger partial charge on any atom is 0.290 e. The van der Waals surface area contributed by atoms with E-state index < -0.39 is 5.91 Å². The van der Waals surface area contributed by atoms with E-state index in [4.69, 9.17) is 21.1 Å². The molecule has 2 aromatic carbocycles. The first kappa shape index (κ1) is 17.4. The minimum absolute atomic E-state index is 0.309. The monoisotopic (exact) mass is 375 g/mol. The van der Waals surface area contributed by atoms with Crippen molar-refractivity contribution in [2.75, 3.05) is 7.11 Å². The van der Waals surface area contributed by atoms with Crippen molar-refractivity contribution in [3.8, 4) is 11.5 Å². The molecule has 1 fully saturated rings. The van der Waals surface area contributed by atoms with Gasteiger partial charge in [0, 0.05) is 10.6 Å². The van der Waals surface area contributed by atoms with E-state index >= 15 is 0 Å². The van der Waals surface area contributed by atoms with Crippen LogP contribution in [0.4, 0.5) is 4.79 Å². The molecule has 0 bridgehead atoms. The smallest absolute Gasteiger partial charge is 0.290 e. The van der Waals surface area contributed by atoms with Gasteiger partial charge in [-0.3, -0.25) is 14.9 Å². The Morgan fingerprint density at radius 2 is 1.96 bits per heavy atom. The van der Waals surface area contributed by atoms with E-state index in [0.717, 1.165) is 22.9 Å². The third kappa shape index (κ3) is 4.15. The zero-order valence-electron chi connectivity index (χ0n) is 13.2. The Labute approximate surface area is 154 Å². The Kier molecular flexibility index (Phi) is 5.31. The zero-order valence-corrected chi connectivity index (χ0v) is 14.8. The maximum absolute atomic E-state index is 11.6. The molecule has 1 heterocycles. The number of imide groups is 1. The van der Waals surface area contributed by atoms with Gasteiger partial charge in [0.15, 0.2) is 11.5 Å². The number of halogens is 1. The molecule has 0 aliphatic carbocycles. The highest BCUT2D eigenvalue weighted by Gasteiger charge is 2.25. The average molecular weight is 376 g/mol. The van der Waals surface area contributed by atoms with Gasteiger partial charge >= 0.3 is 0 Å². The molecule has 2 aromatic rings. The van der Waals surface area contributed by atoms with Crippen molar-refractivity contribution >= 4 is 40.6 Å². The number of thioether (sulfide) groups is 1. The van der Waals surface area contributed by atoms with E-state index in [1.807, 2.05) is 18.2 Å². The minimum Gasteiger partial charge on any atom is -0.493 e. The molecule has 0 atom stereocenters. The first-order valence-corrected chi connectivity index (χ1v) is 8.55. The molecule has 0 spiro atoms. The van der Waals surface area contributed by atoms with Gasteiger partial charge in [-0.2, -0.15) is 0 Å². The molecule has 1 aliphatic rings. The maximum atomic E-state index is 11.6. The Hall–Kier alpha value is -2.44. The van der Waals surface area contributed by atoms with Crippen LogP contribution in [-0.4, -0.2) is 18.3 Å². The van der Waals surface area contributed by atoms with Gasteiger partial charge in [-0.05, 0) is 41.6 Å². The Morgan fingerprint density at radius 1 is 1.16 bits per heavy atom. The third-order valence-corrected chi connectivity index (χ3v) is 4.65. The molecule has 1 aliphatic heterocycles. The van der Waals surface area contributed by atoms with E-state index in [2.05, 4.69) is 5.32 Å². The SMILES string of the molecule is COc1cc(/C=C2\SC(=O)NC2=O)ccc1OCc1ccccc1Cl. The topological polar surface area (TPSA) is 64.6 Å². The van der Waals surface area contributed by atoms with E-state index in [1.165, 1.54) is 7.11 Å². The molecule has 128 valence electrons. The van der Waals surface area contributed by atoms with Crippen molar-refractivity contribution in [2.45, 2.75) is 6.61 Å². The number of rotatable bonds is 5. The summed E-state index contributed by atoms with van der Waals surface area (Å²) in [4.78, 5) is 23.2. The molecule has 3 rings (SSSR count). The molecular formula is C18H14ClNO4S. The standard InChI is InChI=1S/C18H14ClNO4S/c1-23-15-8-11(9-16-17(21)20-18(22)25-16)6-7-14(15)24-10-12-4-2-3-5-13(12)19/h2-9H,10H2,1H3,(H,20,21,22)/b16-9-. The highest BCUT2D eigenvalue weighted by atomic mass is 35.5. The summed E-state index contributed by atoms with van der Waals surface area (Å²) >= 11 is 6.99. The van der Waals surface area contributed by atoms with Crippen LogP contribution >= 0.6 is 23.4 Å². The Bertz CT molecular complexity index is 866. The molecule has 5 nitrogen and oxygen atoms in total. The van der Waals surface area contributed by atoms with Crippen LogP contribution in [-0.2, 0) is 11.4 Å². The summed E-state index contributed by atoms with van der Waals surface area (Å²) in [5, 5.41) is 2.48. The fourth-order valence-corrected chi connectivity index (χ4v) is 3.11. The summed E-state index contributed by atoms with van der Waals surface area (Å²) in [6.07, 6.45) is 1.63. The number of ether oxygens (including phenoxy) is 2. The van der Waals surface area contributed by atoms with Gasteiger partial charge in [0.1, 0.15) is 6.61 Å². The van der Waals surface area contributed by atoms with Crippen LogP contribution in [0.2, 0.25) is 5.02 Å². The summed E-state index contributed by atoms with van der Waals surface area (Å²) < 4.78 is 11.1. The predicted octanol–water partition coefficient (Wildman–Crippen LogP) is 4.25. The molecule has 0 radical (unpaired) electrons. The number of carbonyl (C=O) groups is 2. The summed E-state index contributed by atoms with van der Waals surface area (Å²) in [5.41, 5.74) is 1.60.